The fraction of sp³-hybridized carbons (Fsp3) is 0.217. The minimum atomic E-state index is 0.899. The van der Waals surface area contributed by atoms with Gasteiger partial charge >= 0.3 is 0 Å². The van der Waals surface area contributed by atoms with Gasteiger partial charge in [-0.1, -0.05) is 18.2 Å². The summed E-state index contributed by atoms with van der Waals surface area (Å²) in [6, 6.07) is 12.8. The van der Waals surface area contributed by atoms with Gasteiger partial charge in [0.15, 0.2) is 5.13 Å². The molecule has 0 amide bonds. The van der Waals surface area contributed by atoms with Gasteiger partial charge in [-0.15, -0.1) is 11.3 Å². The van der Waals surface area contributed by atoms with E-state index in [2.05, 4.69) is 84.8 Å². The molecular formula is C23H25N5S. The Labute approximate surface area is 175 Å². The molecule has 148 valence electrons. The Bertz CT molecular complexity index is 1100. The summed E-state index contributed by atoms with van der Waals surface area (Å²) in [6.45, 7) is 7.43. The van der Waals surface area contributed by atoms with Gasteiger partial charge in [-0.05, 0) is 50.1 Å². The molecule has 0 saturated carbocycles. The highest BCUT2D eigenvalue weighted by molar-refractivity contribution is 7.14. The van der Waals surface area contributed by atoms with E-state index in [1.54, 1.807) is 23.9 Å². The Morgan fingerprint density at radius 3 is 2.59 bits per heavy atom. The summed E-state index contributed by atoms with van der Waals surface area (Å²) in [6.07, 6.45) is 5.52. The van der Waals surface area contributed by atoms with Crippen molar-refractivity contribution in [1.82, 2.24) is 14.5 Å². The quantitative estimate of drug-likeness (QED) is 0.441. The SMILES string of the molecule is CCN(C)c1cc(Nc2nc(-c3ccc(-n4ccnc4)cc3)cs2)c(C)cc1C. The van der Waals surface area contributed by atoms with Crippen LogP contribution in [0, 0.1) is 13.8 Å². The molecule has 0 unspecified atom stereocenters. The molecule has 29 heavy (non-hydrogen) atoms. The largest absolute Gasteiger partial charge is 0.375 e. The molecule has 0 aliphatic heterocycles. The first-order valence-corrected chi connectivity index (χ1v) is 10.6. The maximum absolute atomic E-state index is 4.80. The van der Waals surface area contributed by atoms with E-state index in [-0.39, 0.29) is 0 Å². The number of aromatic nitrogens is 3. The van der Waals surface area contributed by atoms with Crippen molar-refractivity contribution in [3.8, 4) is 16.9 Å². The number of benzene rings is 2. The summed E-state index contributed by atoms with van der Waals surface area (Å²) in [5, 5.41) is 6.50. The number of aryl methyl sites for hydroxylation is 2. The molecule has 0 fully saturated rings. The fourth-order valence-corrected chi connectivity index (χ4v) is 4.08. The average molecular weight is 404 g/mol. The zero-order chi connectivity index (χ0) is 20.4. The molecule has 0 radical (unpaired) electrons. The second kappa shape index (κ2) is 8.09. The highest BCUT2D eigenvalue weighted by Gasteiger charge is 2.10. The molecule has 4 aromatic rings. The van der Waals surface area contributed by atoms with Gasteiger partial charge in [0.1, 0.15) is 0 Å². The molecule has 0 bridgehead atoms. The Morgan fingerprint density at radius 2 is 1.90 bits per heavy atom. The molecule has 0 aliphatic carbocycles. The third-order valence-electron chi connectivity index (χ3n) is 5.14. The Balaban J connectivity index is 1.55. The van der Waals surface area contributed by atoms with Gasteiger partial charge in [0.2, 0.25) is 0 Å². The van der Waals surface area contributed by atoms with Crippen LogP contribution in [0.2, 0.25) is 0 Å². The van der Waals surface area contributed by atoms with E-state index in [1.807, 2.05) is 10.8 Å². The molecular weight excluding hydrogens is 378 g/mol. The third kappa shape index (κ3) is 4.03. The number of thiazole rings is 1. The van der Waals surface area contributed by atoms with Crippen LogP contribution in [0.25, 0.3) is 16.9 Å². The average Bonchev–Trinajstić information content (AvgIpc) is 3.42. The van der Waals surface area contributed by atoms with Gasteiger partial charge in [0.25, 0.3) is 0 Å². The van der Waals surface area contributed by atoms with Crippen molar-refractivity contribution in [2.45, 2.75) is 20.8 Å². The molecule has 5 nitrogen and oxygen atoms in total. The lowest BCUT2D eigenvalue weighted by atomic mass is 10.1. The van der Waals surface area contributed by atoms with Crippen LogP contribution >= 0.6 is 11.3 Å². The summed E-state index contributed by atoms with van der Waals surface area (Å²) < 4.78 is 1.99. The Hall–Kier alpha value is -3.12. The van der Waals surface area contributed by atoms with E-state index in [1.165, 1.54) is 16.8 Å². The zero-order valence-electron chi connectivity index (χ0n) is 17.2. The van der Waals surface area contributed by atoms with Crippen molar-refractivity contribution in [2.24, 2.45) is 0 Å². The molecule has 2 heterocycles. The summed E-state index contributed by atoms with van der Waals surface area (Å²) in [5.74, 6) is 0. The van der Waals surface area contributed by atoms with Gasteiger partial charge in [-0.3, -0.25) is 0 Å². The highest BCUT2D eigenvalue weighted by Crippen LogP contribution is 2.32. The Morgan fingerprint density at radius 1 is 1.10 bits per heavy atom. The monoisotopic (exact) mass is 403 g/mol. The Kier molecular flexibility index (Phi) is 5.36. The van der Waals surface area contributed by atoms with E-state index in [9.17, 15) is 0 Å². The second-order valence-corrected chi connectivity index (χ2v) is 8.01. The molecule has 4 rings (SSSR count). The van der Waals surface area contributed by atoms with Crippen molar-refractivity contribution >= 4 is 27.8 Å². The summed E-state index contributed by atoms with van der Waals surface area (Å²) >= 11 is 1.62. The van der Waals surface area contributed by atoms with Crippen molar-refractivity contribution in [3.63, 3.8) is 0 Å². The summed E-state index contributed by atoms with van der Waals surface area (Å²) in [5.41, 5.74) is 8.01. The molecule has 0 saturated heterocycles. The molecule has 1 N–H and O–H groups in total. The van der Waals surface area contributed by atoms with E-state index < -0.39 is 0 Å². The minimum Gasteiger partial charge on any atom is -0.375 e. The van der Waals surface area contributed by atoms with Crippen LogP contribution in [0.15, 0.2) is 60.5 Å². The number of hydrogen-bond acceptors (Lipinski definition) is 5. The van der Waals surface area contributed by atoms with Crippen LogP contribution in [0.3, 0.4) is 0 Å². The maximum Gasteiger partial charge on any atom is 0.187 e. The third-order valence-corrected chi connectivity index (χ3v) is 5.90. The molecule has 0 atom stereocenters. The van der Waals surface area contributed by atoms with Crippen molar-refractivity contribution < 1.29 is 0 Å². The number of imidazole rings is 1. The topological polar surface area (TPSA) is 46.0 Å². The second-order valence-electron chi connectivity index (χ2n) is 7.15. The lowest BCUT2D eigenvalue weighted by Crippen LogP contribution is -2.17. The van der Waals surface area contributed by atoms with E-state index >= 15 is 0 Å². The molecule has 6 heteroatoms. The van der Waals surface area contributed by atoms with Gasteiger partial charge in [0.05, 0.1) is 12.0 Å². The normalized spacial score (nSPS) is 10.9. The van der Waals surface area contributed by atoms with Crippen LogP contribution in [-0.4, -0.2) is 28.1 Å². The van der Waals surface area contributed by atoms with Gasteiger partial charge < -0.3 is 14.8 Å². The van der Waals surface area contributed by atoms with Gasteiger partial charge in [-0.25, -0.2) is 9.97 Å². The number of hydrogen-bond donors (Lipinski definition) is 1. The summed E-state index contributed by atoms with van der Waals surface area (Å²) in [4.78, 5) is 11.2. The lowest BCUT2D eigenvalue weighted by Gasteiger charge is -2.21. The van der Waals surface area contributed by atoms with Crippen molar-refractivity contribution in [3.05, 3.63) is 71.6 Å². The first kappa shape index (κ1) is 19.2. The predicted octanol–water partition coefficient (Wildman–Crippen LogP) is 5.81. The van der Waals surface area contributed by atoms with E-state index in [0.29, 0.717) is 0 Å². The maximum atomic E-state index is 4.80. The number of nitrogens with zero attached hydrogens (tertiary/aromatic N) is 4. The van der Waals surface area contributed by atoms with Crippen LogP contribution in [0.5, 0.6) is 0 Å². The van der Waals surface area contributed by atoms with Gasteiger partial charge in [-0.2, -0.15) is 0 Å². The van der Waals surface area contributed by atoms with Gasteiger partial charge in [0, 0.05) is 54.0 Å². The molecule has 2 aromatic carbocycles. The van der Waals surface area contributed by atoms with Crippen LogP contribution in [0.4, 0.5) is 16.5 Å². The fourth-order valence-electron chi connectivity index (χ4n) is 3.35. The van der Waals surface area contributed by atoms with E-state index in [0.717, 1.165) is 34.3 Å². The van der Waals surface area contributed by atoms with Crippen LogP contribution in [-0.2, 0) is 0 Å². The van der Waals surface area contributed by atoms with Crippen molar-refractivity contribution in [1.29, 1.82) is 0 Å². The molecule has 0 spiro atoms. The number of anilines is 3. The first-order valence-electron chi connectivity index (χ1n) is 9.69. The van der Waals surface area contributed by atoms with Crippen LogP contribution < -0.4 is 10.2 Å². The number of nitrogens with one attached hydrogen (secondary N) is 1. The summed E-state index contributed by atoms with van der Waals surface area (Å²) in [7, 11) is 2.12. The lowest BCUT2D eigenvalue weighted by molar-refractivity contribution is 0.960. The highest BCUT2D eigenvalue weighted by atomic mass is 32.1. The van der Waals surface area contributed by atoms with Crippen LogP contribution in [0.1, 0.15) is 18.1 Å². The van der Waals surface area contributed by atoms with E-state index in [4.69, 9.17) is 4.98 Å². The smallest absolute Gasteiger partial charge is 0.187 e. The number of rotatable bonds is 6. The molecule has 0 aliphatic rings. The predicted molar refractivity (Wildman–Crippen MR) is 123 cm³/mol. The minimum absolute atomic E-state index is 0.899. The van der Waals surface area contributed by atoms with Crippen molar-refractivity contribution in [2.75, 3.05) is 23.8 Å². The standard InChI is InChI=1S/C23H25N5S/c1-5-27(4)22-13-20(16(2)12-17(22)3)25-23-26-21(14-29-23)18-6-8-19(9-7-18)28-11-10-24-15-28/h6-15H,5H2,1-4H3,(H,25,26). The zero-order valence-corrected chi connectivity index (χ0v) is 18.0. The molecule has 2 aromatic heterocycles. The first-order chi connectivity index (χ1) is 14.0.